The molecule has 0 aliphatic carbocycles. The third-order valence-corrected chi connectivity index (χ3v) is 2.58. The predicted molar refractivity (Wildman–Crippen MR) is 58.8 cm³/mol. The summed E-state index contributed by atoms with van der Waals surface area (Å²) in [6.45, 7) is 2.14. The number of nitrogens with one attached hydrogen (secondary N) is 1. The van der Waals surface area contributed by atoms with E-state index in [1.54, 1.807) is 10.0 Å². The minimum absolute atomic E-state index is 0.108. The lowest BCUT2D eigenvalue weighted by Gasteiger charge is -2.02. The molecule has 2 aromatic rings. The predicted octanol–water partition coefficient (Wildman–Crippen LogP) is 0.941. The second-order valence-electron chi connectivity index (χ2n) is 3.68. The standard InChI is InChI=1S/C12H12N2O2/c1-9-6-7-14(8-12(15)13-16)11-5-3-2-4-10(9)11/h2-7H,8H2,1H3,(H-,13,15,16)/p+1. The molecule has 2 N–H and O–H groups in total. The van der Waals surface area contributed by atoms with Gasteiger partial charge in [-0.05, 0) is 18.6 Å². The van der Waals surface area contributed by atoms with Crippen molar-refractivity contribution < 1.29 is 14.6 Å². The van der Waals surface area contributed by atoms with Crippen molar-refractivity contribution in [2.75, 3.05) is 0 Å². The quantitative estimate of drug-likeness (QED) is 0.447. The van der Waals surface area contributed by atoms with E-state index in [-0.39, 0.29) is 6.54 Å². The van der Waals surface area contributed by atoms with Crippen molar-refractivity contribution in [2.24, 2.45) is 0 Å². The Morgan fingerprint density at radius 1 is 1.38 bits per heavy atom. The zero-order chi connectivity index (χ0) is 11.5. The van der Waals surface area contributed by atoms with Gasteiger partial charge >= 0.3 is 5.91 Å². The van der Waals surface area contributed by atoms with Gasteiger partial charge in [-0.3, -0.25) is 10.0 Å². The summed E-state index contributed by atoms with van der Waals surface area (Å²) in [5, 5.41) is 9.62. The molecule has 4 heteroatoms. The van der Waals surface area contributed by atoms with Crippen LogP contribution in [0, 0.1) is 6.92 Å². The highest BCUT2D eigenvalue weighted by Gasteiger charge is 2.13. The average Bonchev–Trinajstić information content (AvgIpc) is 2.33. The lowest BCUT2D eigenvalue weighted by Crippen LogP contribution is -2.42. The van der Waals surface area contributed by atoms with Crippen molar-refractivity contribution in [2.45, 2.75) is 13.5 Å². The minimum atomic E-state index is -0.431. The Bertz CT molecular complexity index is 538. The van der Waals surface area contributed by atoms with Gasteiger partial charge in [0.1, 0.15) is 0 Å². The summed E-state index contributed by atoms with van der Waals surface area (Å²) in [5.74, 6) is -0.431. The number of pyridine rings is 1. The van der Waals surface area contributed by atoms with Gasteiger partial charge in [0.2, 0.25) is 12.1 Å². The molecular formula is C12H13N2O2+. The van der Waals surface area contributed by atoms with E-state index in [1.807, 2.05) is 43.5 Å². The zero-order valence-corrected chi connectivity index (χ0v) is 8.97. The summed E-state index contributed by atoms with van der Waals surface area (Å²) in [5.41, 5.74) is 3.77. The van der Waals surface area contributed by atoms with Crippen molar-refractivity contribution in [3.8, 4) is 0 Å². The first-order valence-electron chi connectivity index (χ1n) is 5.03. The van der Waals surface area contributed by atoms with Gasteiger partial charge in [0, 0.05) is 17.5 Å². The topological polar surface area (TPSA) is 53.2 Å². The second-order valence-corrected chi connectivity index (χ2v) is 3.68. The van der Waals surface area contributed by atoms with Crippen LogP contribution in [0.4, 0.5) is 0 Å². The molecular weight excluding hydrogens is 204 g/mol. The molecule has 2 rings (SSSR count). The molecule has 0 saturated carbocycles. The van der Waals surface area contributed by atoms with Gasteiger partial charge in [-0.2, -0.15) is 4.57 Å². The number of rotatable bonds is 2. The number of aryl methyl sites for hydroxylation is 1. The number of carbonyl (C=O) groups excluding carboxylic acids is 1. The smallest absolute Gasteiger partial charge is 0.288 e. The molecule has 0 atom stereocenters. The van der Waals surface area contributed by atoms with E-state index in [2.05, 4.69) is 0 Å². The number of hydroxylamine groups is 1. The third-order valence-electron chi connectivity index (χ3n) is 2.58. The number of hydrogen-bond acceptors (Lipinski definition) is 2. The van der Waals surface area contributed by atoms with Gasteiger partial charge < -0.3 is 0 Å². The monoisotopic (exact) mass is 217 g/mol. The van der Waals surface area contributed by atoms with Crippen molar-refractivity contribution in [1.29, 1.82) is 0 Å². The molecule has 1 heterocycles. The molecule has 0 fully saturated rings. The molecule has 82 valence electrons. The third kappa shape index (κ3) is 1.87. The first kappa shape index (κ1) is 10.6. The first-order valence-corrected chi connectivity index (χ1v) is 5.03. The number of aromatic nitrogens is 1. The van der Waals surface area contributed by atoms with Gasteiger partial charge in [0.15, 0.2) is 6.20 Å². The van der Waals surface area contributed by atoms with E-state index in [0.29, 0.717) is 0 Å². The van der Waals surface area contributed by atoms with Crippen molar-refractivity contribution in [3.63, 3.8) is 0 Å². The second kappa shape index (κ2) is 4.28. The molecule has 0 bridgehead atoms. The fourth-order valence-electron chi connectivity index (χ4n) is 1.76. The first-order chi connectivity index (χ1) is 7.72. The fourth-order valence-corrected chi connectivity index (χ4v) is 1.76. The Labute approximate surface area is 93.1 Å². The lowest BCUT2D eigenvalue weighted by molar-refractivity contribution is -0.658. The van der Waals surface area contributed by atoms with Crippen LogP contribution >= 0.6 is 0 Å². The average molecular weight is 217 g/mol. The number of benzene rings is 1. The Kier molecular flexibility index (Phi) is 2.83. The molecule has 4 nitrogen and oxygen atoms in total. The van der Waals surface area contributed by atoms with Crippen LogP contribution in [0.15, 0.2) is 36.5 Å². The number of amides is 1. The van der Waals surface area contributed by atoms with E-state index in [1.165, 1.54) is 0 Å². The molecule has 0 radical (unpaired) electrons. The molecule has 0 saturated heterocycles. The van der Waals surface area contributed by atoms with Gasteiger partial charge in [-0.1, -0.05) is 12.1 Å². The molecule has 1 amide bonds. The summed E-state index contributed by atoms with van der Waals surface area (Å²) in [6.07, 6.45) is 1.84. The fraction of sp³-hybridized carbons (Fsp3) is 0.167. The van der Waals surface area contributed by atoms with Crippen LogP contribution in [0.1, 0.15) is 5.56 Å². The maximum absolute atomic E-state index is 11.1. The molecule has 0 unspecified atom stereocenters. The Balaban J connectivity index is 2.54. The molecule has 16 heavy (non-hydrogen) atoms. The number of fused-ring (bicyclic) bond motifs is 1. The molecule has 0 aliphatic heterocycles. The summed E-state index contributed by atoms with van der Waals surface area (Å²) >= 11 is 0. The van der Waals surface area contributed by atoms with Crippen LogP contribution in [-0.4, -0.2) is 11.1 Å². The molecule has 1 aromatic carbocycles. The highest BCUT2D eigenvalue weighted by Crippen LogP contribution is 2.13. The Morgan fingerprint density at radius 3 is 2.88 bits per heavy atom. The van der Waals surface area contributed by atoms with E-state index in [4.69, 9.17) is 5.21 Å². The number of carbonyl (C=O) groups is 1. The van der Waals surface area contributed by atoms with Crippen molar-refractivity contribution >= 4 is 16.8 Å². The van der Waals surface area contributed by atoms with Crippen LogP contribution in [0.5, 0.6) is 0 Å². The molecule has 0 aliphatic rings. The summed E-state index contributed by atoms with van der Waals surface area (Å²) in [4.78, 5) is 11.1. The normalized spacial score (nSPS) is 10.4. The maximum Gasteiger partial charge on any atom is 0.309 e. The van der Waals surface area contributed by atoms with Gasteiger partial charge in [0.25, 0.3) is 0 Å². The Morgan fingerprint density at radius 2 is 2.12 bits per heavy atom. The number of nitrogens with zero attached hydrogens (tertiary/aromatic N) is 1. The highest BCUT2D eigenvalue weighted by molar-refractivity contribution is 5.79. The highest BCUT2D eigenvalue weighted by atomic mass is 16.5. The van der Waals surface area contributed by atoms with E-state index in [9.17, 15) is 4.79 Å². The van der Waals surface area contributed by atoms with Crippen LogP contribution in [0.25, 0.3) is 10.9 Å². The Hall–Kier alpha value is -1.94. The van der Waals surface area contributed by atoms with Gasteiger partial charge in [-0.25, -0.2) is 5.48 Å². The van der Waals surface area contributed by atoms with Crippen LogP contribution in [-0.2, 0) is 11.3 Å². The summed E-state index contributed by atoms with van der Waals surface area (Å²) in [6, 6.07) is 9.80. The van der Waals surface area contributed by atoms with Crippen LogP contribution in [0.2, 0.25) is 0 Å². The zero-order valence-electron chi connectivity index (χ0n) is 8.97. The molecule has 0 spiro atoms. The largest absolute Gasteiger partial charge is 0.309 e. The molecule has 1 aromatic heterocycles. The van der Waals surface area contributed by atoms with E-state index >= 15 is 0 Å². The van der Waals surface area contributed by atoms with Crippen LogP contribution in [0.3, 0.4) is 0 Å². The van der Waals surface area contributed by atoms with Crippen LogP contribution < -0.4 is 10.0 Å². The minimum Gasteiger partial charge on any atom is -0.288 e. The van der Waals surface area contributed by atoms with Crippen molar-refractivity contribution in [1.82, 2.24) is 5.48 Å². The van der Waals surface area contributed by atoms with Gasteiger partial charge in [-0.15, -0.1) is 0 Å². The van der Waals surface area contributed by atoms with E-state index in [0.717, 1.165) is 16.5 Å². The number of para-hydroxylation sites is 1. The SMILES string of the molecule is Cc1cc[n+](CC(=O)NO)c2ccccc12. The summed E-state index contributed by atoms with van der Waals surface area (Å²) in [7, 11) is 0. The summed E-state index contributed by atoms with van der Waals surface area (Å²) < 4.78 is 1.80. The van der Waals surface area contributed by atoms with Gasteiger partial charge in [0.05, 0.1) is 0 Å². The maximum atomic E-state index is 11.1. The van der Waals surface area contributed by atoms with Crippen molar-refractivity contribution in [3.05, 3.63) is 42.1 Å². The van der Waals surface area contributed by atoms with E-state index < -0.39 is 5.91 Å². The number of hydrogen-bond donors (Lipinski definition) is 2. The lowest BCUT2D eigenvalue weighted by atomic mass is 10.1.